The van der Waals surface area contributed by atoms with Crippen molar-refractivity contribution in [1.29, 1.82) is 0 Å². The normalized spacial score (nSPS) is 11.8. The molecule has 0 fully saturated rings. The van der Waals surface area contributed by atoms with Crippen LogP contribution in [0.2, 0.25) is 0 Å². The Morgan fingerprint density at radius 1 is 0.722 bits per heavy atom. The van der Waals surface area contributed by atoms with Crippen LogP contribution in [-0.2, 0) is 17.8 Å². The minimum absolute atomic E-state index is 0.131. The lowest BCUT2D eigenvalue weighted by Gasteiger charge is -2.17. The SMILES string of the molecule is O=C(N[C@@H](Cc1cccc(OCc2ccccc2)c1)C(=O)O)c1c2ccccc2cc2ccccc12. The average molecular weight is 476 g/mol. The van der Waals surface area contributed by atoms with E-state index in [0.29, 0.717) is 17.9 Å². The molecule has 0 aliphatic carbocycles. The van der Waals surface area contributed by atoms with Gasteiger partial charge in [0.25, 0.3) is 5.91 Å². The molecule has 5 aromatic rings. The fraction of sp³-hybridized carbons (Fsp3) is 0.0968. The minimum Gasteiger partial charge on any atom is -0.489 e. The Balaban J connectivity index is 1.38. The molecule has 2 N–H and O–H groups in total. The van der Waals surface area contributed by atoms with E-state index in [9.17, 15) is 14.7 Å². The first-order chi connectivity index (χ1) is 17.6. The molecule has 1 amide bonds. The first-order valence-corrected chi connectivity index (χ1v) is 11.8. The Hall–Kier alpha value is -4.64. The van der Waals surface area contributed by atoms with Gasteiger partial charge in [0.15, 0.2) is 0 Å². The highest BCUT2D eigenvalue weighted by Crippen LogP contribution is 2.28. The quantitative estimate of drug-likeness (QED) is 0.270. The van der Waals surface area contributed by atoms with Crippen LogP contribution in [0.3, 0.4) is 0 Å². The van der Waals surface area contributed by atoms with Crippen molar-refractivity contribution in [3.05, 3.63) is 126 Å². The van der Waals surface area contributed by atoms with E-state index in [1.165, 1.54) is 0 Å². The maximum Gasteiger partial charge on any atom is 0.326 e. The number of carbonyl (C=O) groups is 2. The maximum absolute atomic E-state index is 13.5. The van der Waals surface area contributed by atoms with E-state index in [2.05, 4.69) is 5.32 Å². The van der Waals surface area contributed by atoms with E-state index < -0.39 is 17.9 Å². The Kier molecular flexibility index (Phi) is 6.63. The van der Waals surface area contributed by atoms with Crippen LogP contribution in [0.1, 0.15) is 21.5 Å². The van der Waals surface area contributed by atoms with Crippen LogP contribution in [0.5, 0.6) is 5.75 Å². The number of carboxylic acid groups (broad SMARTS) is 1. The molecule has 0 aromatic heterocycles. The lowest BCUT2D eigenvalue weighted by molar-refractivity contribution is -0.139. The van der Waals surface area contributed by atoms with Gasteiger partial charge in [0.05, 0.1) is 5.56 Å². The van der Waals surface area contributed by atoms with Gasteiger partial charge in [-0.15, -0.1) is 0 Å². The minimum atomic E-state index is -1.10. The Morgan fingerprint density at radius 3 is 2.00 bits per heavy atom. The molecule has 0 heterocycles. The first-order valence-electron chi connectivity index (χ1n) is 11.8. The summed E-state index contributed by atoms with van der Waals surface area (Å²) in [5.74, 6) is -0.859. The third-order valence-electron chi connectivity index (χ3n) is 6.19. The van der Waals surface area contributed by atoms with Crippen molar-refractivity contribution in [2.75, 3.05) is 0 Å². The van der Waals surface area contributed by atoms with Crippen LogP contribution < -0.4 is 10.1 Å². The molecule has 0 saturated heterocycles. The van der Waals surface area contributed by atoms with E-state index in [-0.39, 0.29) is 6.42 Å². The van der Waals surface area contributed by atoms with Crippen LogP contribution in [0.4, 0.5) is 0 Å². The number of benzene rings is 5. The standard InChI is InChI=1S/C31H25NO4/c33-30(29-26-15-6-4-12-23(26)19-24-13-5-7-16-27(24)29)32-28(31(34)35)18-22-11-8-14-25(17-22)36-20-21-9-2-1-3-10-21/h1-17,19,28H,18,20H2,(H,32,33)(H,34,35)/t28-/m0/s1. The van der Waals surface area contributed by atoms with Crippen molar-refractivity contribution in [2.24, 2.45) is 0 Å². The number of hydrogen-bond acceptors (Lipinski definition) is 3. The lowest BCUT2D eigenvalue weighted by atomic mass is 9.95. The van der Waals surface area contributed by atoms with Crippen molar-refractivity contribution in [3.63, 3.8) is 0 Å². The number of amides is 1. The average Bonchev–Trinajstić information content (AvgIpc) is 2.91. The Morgan fingerprint density at radius 2 is 1.33 bits per heavy atom. The number of rotatable bonds is 8. The molecule has 0 spiro atoms. The number of aliphatic carboxylic acids is 1. The molecule has 5 heteroatoms. The number of nitrogens with one attached hydrogen (secondary N) is 1. The van der Waals surface area contributed by atoms with Gasteiger partial charge in [0, 0.05) is 6.42 Å². The molecule has 5 aromatic carbocycles. The zero-order valence-electron chi connectivity index (χ0n) is 19.6. The van der Waals surface area contributed by atoms with Gasteiger partial charge in [0.2, 0.25) is 0 Å². The summed E-state index contributed by atoms with van der Waals surface area (Å²) < 4.78 is 5.89. The summed E-state index contributed by atoms with van der Waals surface area (Å²) in [6.07, 6.45) is 0.131. The third-order valence-corrected chi connectivity index (χ3v) is 6.19. The highest BCUT2D eigenvalue weighted by atomic mass is 16.5. The van der Waals surface area contributed by atoms with E-state index in [4.69, 9.17) is 4.74 Å². The molecular weight excluding hydrogens is 450 g/mol. The van der Waals surface area contributed by atoms with Crippen LogP contribution in [-0.4, -0.2) is 23.0 Å². The molecule has 0 saturated carbocycles. The summed E-state index contributed by atoms with van der Waals surface area (Å²) in [6.45, 7) is 0.414. The van der Waals surface area contributed by atoms with Crippen molar-refractivity contribution >= 4 is 33.4 Å². The molecular formula is C31H25NO4. The van der Waals surface area contributed by atoms with Gasteiger partial charge in [-0.2, -0.15) is 0 Å². The van der Waals surface area contributed by atoms with E-state index in [0.717, 1.165) is 32.7 Å². The monoisotopic (exact) mass is 475 g/mol. The van der Waals surface area contributed by atoms with Gasteiger partial charge in [-0.25, -0.2) is 4.79 Å². The van der Waals surface area contributed by atoms with Crippen molar-refractivity contribution in [3.8, 4) is 5.75 Å². The summed E-state index contributed by atoms with van der Waals surface area (Å²) in [6, 6.07) is 33.4. The molecule has 1 atom stereocenters. The first kappa shape index (κ1) is 23.1. The molecule has 0 unspecified atom stereocenters. The number of ether oxygens (including phenoxy) is 1. The van der Waals surface area contributed by atoms with Crippen molar-refractivity contribution in [1.82, 2.24) is 5.32 Å². The zero-order valence-corrected chi connectivity index (χ0v) is 19.6. The lowest BCUT2D eigenvalue weighted by Crippen LogP contribution is -2.42. The van der Waals surface area contributed by atoms with Gasteiger partial charge in [-0.05, 0) is 50.9 Å². The summed E-state index contributed by atoms with van der Waals surface area (Å²) in [5.41, 5.74) is 2.28. The fourth-order valence-electron chi connectivity index (χ4n) is 4.43. The van der Waals surface area contributed by atoms with E-state index in [1.54, 1.807) is 0 Å². The number of fused-ring (bicyclic) bond motifs is 2. The molecule has 0 aliphatic rings. The highest BCUT2D eigenvalue weighted by Gasteiger charge is 2.23. The number of carboxylic acids is 1. The topological polar surface area (TPSA) is 75.6 Å². The maximum atomic E-state index is 13.5. The molecule has 0 bridgehead atoms. The zero-order chi connectivity index (χ0) is 24.9. The summed E-state index contributed by atoms with van der Waals surface area (Å²) in [7, 11) is 0. The van der Waals surface area contributed by atoms with Crippen LogP contribution in [0.25, 0.3) is 21.5 Å². The number of carbonyl (C=O) groups excluding carboxylic acids is 1. The van der Waals surface area contributed by atoms with Crippen molar-refractivity contribution in [2.45, 2.75) is 19.1 Å². The van der Waals surface area contributed by atoms with Crippen LogP contribution in [0, 0.1) is 0 Å². The third kappa shape index (κ3) is 5.05. The predicted molar refractivity (Wildman–Crippen MR) is 141 cm³/mol. The van der Waals surface area contributed by atoms with Gasteiger partial charge in [-0.3, -0.25) is 4.79 Å². The molecule has 5 rings (SSSR count). The van der Waals surface area contributed by atoms with Crippen molar-refractivity contribution < 1.29 is 19.4 Å². The van der Waals surface area contributed by atoms with E-state index in [1.807, 2.05) is 109 Å². The van der Waals surface area contributed by atoms with Crippen LogP contribution >= 0.6 is 0 Å². The van der Waals surface area contributed by atoms with Gasteiger partial charge < -0.3 is 15.2 Å². The summed E-state index contributed by atoms with van der Waals surface area (Å²) >= 11 is 0. The predicted octanol–water partition coefficient (Wildman–Crippen LogP) is 6.00. The molecule has 0 aliphatic heterocycles. The second-order valence-corrected chi connectivity index (χ2v) is 8.68. The van der Waals surface area contributed by atoms with Gasteiger partial charge in [0.1, 0.15) is 18.4 Å². The Labute approximate surface area is 209 Å². The highest BCUT2D eigenvalue weighted by molar-refractivity contribution is 6.18. The largest absolute Gasteiger partial charge is 0.489 e. The fourth-order valence-corrected chi connectivity index (χ4v) is 4.43. The van der Waals surface area contributed by atoms with Gasteiger partial charge in [-0.1, -0.05) is 91.0 Å². The second-order valence-electron chi connectivity index (χ2n) is 8.68. The molecule has 0 radical (unpaired) electrons. The van der Waals surface area contributed by atoms with Crippen LogP contribution in [0.15, 0.2) is 109 Å². The summed E-state index contributed by atoms with van der Waals surface area (Å²) in [5, 5.41) is 16.1. The molecule has 5 nitrogen and oxygen atoms in total. The number of hydrogen-bond donors (Lipinski definition) is 2. The van der Waals surface area contributed by atoms with E-state index >= 15 is 0 Å². The van der Waals surface area contributed by atoms with Gasteiger partial charge >= 0.3 is 5.97 Å². The molecule has 36 heavy (non-hydrogen) atoms. The molecule has 178 valence electrons. The second kappa shape index (κ2) is 10.3. The Bertz CT molecular complexity index is 1490. The summed E-state index contributed by atoms with van der Waals surface area (Å²) in [4.78, 5) is 25.7. The smallest absolute Gasteiger partial charge is 0.326 e.